The van der Waals surface area contributed by atoms with Gasteiger partial charge >= 0.3 is 0 Å². The standard InChI is InChI=1S/C19H21ClN2OS/c20-16-8-2-4-10-18(16)24-14-19(23)21-17-9-3-1-7-15(17)13-22-11-5-6-12-22/h1-4,7-10H,5-6,11-14H2,(H,21,23). The molecule has 0 aliphatic carbocycles. The molecular formula is C19H21ClN2OS. The fraction of sp³-hybridized carbons (Fsp3) is 0.316. The molecule has 0 atom stereocenters. The highest BCUT2D eigenvalue weighted by molar-refractivity contribution is 8.00. The van der Waals surface area contributed by atoms with Gasteiger partial charge in [-0.15, -0.1) is 11.8 Å². The molecule has 1 aliphatic heterocycles. The SMILES string of the molecule is O=C(CSc1ccccc1Cl)Nc1ccccc1CN1CCCC1. The Hall–Kier alpha value is -1.49. The van der Waals surface area contributed by atoms with Crippen molar-refractivity contribution in [2.45, 2.75) is 24.3 Å². The molecule has 1 aliphatic rings. The number of nitrogens with zero attached hydrogens (tertiary/aromatic N) is 1. The van der Waals surface area contributed by atoms with Crippen molar-refractivity contribution in [3.05, 3.63) is 59.1 Å². The second-order valence-corrected chi connectivity index (χ2v) is 7.33. The second-order valence-electron chi connectivity index (χ2n) is 5.91. The van der Waals surface area contributed by atoms with Gasteiger partial charge in [0.1, 0.15) is 0 Å². The van der Waals surface area contributed by atoms with Crippen LogP contribution >= 0.6 is 23.4 Å². The number of carbonyl (C=O) groups is 1. The number of anilines is 1. The molecule has 24 heavy (non-hydrogen) atoms. The number of amides is 1. The summed E-state index contributed by atoms with van der Waals surface area (Å²) < 4.78 is 0. The van der Waals surface area contributed by atoms with Crippen LogP contribution in [0.4, 0.5) is 5.69 Å². The third-order valence-electron chi connectivity index (χ3n) is 4.08. The number of hydrogen-bond acceptors (Lipinski definition) is 3. The van der Waals surface area contributed by atoms with E-state index in [1.54, 1.807) is 0 Å². The first-order valence-electron chi connectivity index (χ1n) is 8.20. The molecule has 0 aromatic heterocycles. The normalized spacial score (nSPS) is 14.7. The van der Waals surface area contributed by atoms with E-state index in [1.165, 1.54) is 30.2 Å². The monoisotopic (exact) mass is 360 g/mol. The quantitative estimate of drug-likeness (QED) is 0.760. The summed E-state index contributed by atoms with van der Waals surface area (Å²) in [6.45, 7) is 3.18. The Kier molecular flexibility index (Phi) is 6.18. The minimum atomic E-state index is -0.00575. The molecule has 0 bridgehead atoms. The average molecular weight is 361 g/mol. The first-order valence-corrected chi connectivity index (χ1v) is 9.56. The number of halogens is 1. The summed E-state index contributed by atoms with van der Waals surface area (Å²) in [6, 6.07) is 15.6. The maximum atomic E-state index is 12.3. The lowest BCUT2D eigenvalue weighted by molar-refractivity contribution is -0.113. The summed E-state index contributed by atoms with van der Waals surface area (Å²) in [4.78, 5) is 15.7. The molecule has 0 unspecified atom stereocenters. The molecule has 1 amide bonds. The van der Waals surface area contributed by atoms with Crippen LogP contribution in [0.2, 0.25) is 5.02 Å². The molecule has 1 heterocycles. The van der Waals surface area contributed by atoms with Gasteiger partial charge in [-0.05, 0) is 49.7 Å². The first kappa shape index (κ1) is 17.3. The third-order valence-corrected chi connectivity index (χ3v) is 5.59. The minimum absolute atomic E-state index is 0.00575. The molecule has 5 heteroatoms. The van der Waals surface area contributed by atoms with Gasteiger partial charge in [0.15, 0.2) is 0 Å². The van der Waals surface area contributed by atoms with E-state index in [0.717, 1.165) is 30.2 Å². The highest BCUT2D eigenvalue weighted by Gasteiger charge is 2.14. The van der Waals surface area contributed by atoms with Gasteiger partial charge < -0.3 is 5.32 Å². The molecule has 1 N–H and O–H groups in total. The van der Waals surface area contributed by atoms with Crippen LogP contribution in [0.1, 0.15) is 18.4 Å². The number of para-hydroxylation sites is 1. The largest absolute Gasteiger partial charge is 0.325 e. The van der Waals surface area contributed by atoms with E-state index < -0.39 is 0 Å². The van der Waals surface area contributed by atoms with Gasteiger partial charge in [0, 0.05) is 17.1 Å². The molecule has 1 saturated heterocycles. The van der Waals surface area contributed by atoms with Crippen molar-refractivity contribution >= 4 is 35.0 Å². The average Bonchev–Trinajstić information content (AvgIpc) is 3.09. The zero-order chi connectivity index (χ0) is 16.8. The summed E-state index contributed by atoms with van der Waals surface area (Å²) >= 11 is 7.59. The Morgan fingerprint density at radius 3 is 2.58 bits per heavy atom. The molecule has 2 aromatic rings. The van der Waals surface area contributed by atoms with Gasteiger partial charge in [-0.25, -0.2) is 0 Å². The molecule has 0 radical (unpaired) electrons. The van der Waals surface area contributed by atoms with E-state index in [1.807, 2.05) is 42.5 Å². The van der Waals surface area contributed by atoms with Crippen molar-refractivity contribution in [1.82, 2.24) is 4.90 Å². The molecule has 0 saturated carbocycles. The molecule has 126 valence electrons. The number of thioether (sulfide) groups is 1. The maximum Gasteiger partial charge on any atom is 0.234 e. The van der Waals surface area contributed by atoms with E-state index in [-0.39, 0.29) is 5.91 Å². The van der Waals surface area contributed by atoms with Crippen LogP contribution in [0, 0.1) is 0 Å². The number of nitrogens with one attached hydrogen (secondary N) is 1. The number of carbonyl (C=O) groups excluding carboxylic acids is 1. The van der Waals surface area contributed by atoms with Gasteiger partial charge in [0.2, 0.25) is 5.91 Å². The summed E-state index contributed by atoms with van der Waals surface area (Å²) in [5, 5.41) is 3.73. The van der Waals surface area contributed by atoms with Gasteiger partial charge in [0.05, 0.1) is 10.8 Å². The Labute approximate surface area is 152 Å². The number of likely N-dealkylation sites (tertiary alicyclic amines) is 1. The van der Waals surface area contributed by atoms with Gasteiger partial charge in [-0.1, -0.05) is 41.9 Å². The lowest BCUT2D eigenvalue weighted by Gasteiger charge is -2.17. The highest BCUT2D eigenvalue weighted by atomic mass is 35.5. The van der Waals surface area contributed by atoms with Crippen molar-refractivity contribution in [2.75, 3.05) is 24.2 Å². The first-order chi connectivity index (χ1) is 11.7. The van der Waals surface area contributed by atoms with Crippen LogP contribution in [-0.2, 0) is 11.3 Å². The van der Waals surface area contributed by atoms with E-state index >= 15 is 0 Å². The van der Waals surface area contributed by atoms with E-state index in [0.29, 0.717) is 10.8 Å². The van der Waals surface area contributed by atoms with E-state index in [4.69, 9.17) is 11.6 Å². The fourth-order valence-corrected chi connectivity index (χ4v) is 3.89. The van der Waals surface area contributed by atoms with Crippen LogP contribution in [-0.4, -0.2) is 29.6 Å². The third kappa shape index (κ3) is 4.76. The van der Waals surface area contributed by atoms with Crippen molar-refractivity contribution < 1.29 is 4.79 Å². The van der Waals surface area contributed by atoms with E-state index in [9.17, 15) is 4.79 Å². The topological polar surface area (TPSA) is 32.3 Å². The smallest absolute Gasteiger partial charge is 0.234 e. The Bertz CT molecular complexity index is 701. The fourth-order valence-electron chi connectivity index (χ4n) is 2.85. The molecule has 3 nitrogen and oxygen atoms in total. The molecule has 1 fully saturated rings. The lowest BCUT2D eigenvalue weighted by atomic mass is 10.1. The Morgan fingerprint density at radius 1 is 1.08 bits per heavy atom. The van der Waals surface area contributed by atoms with E-state index in [2.05, 4.69) is 16.3 Å². The second kappa shape index (κ2) is 8.56. The van der Waals surface area contributed by atoms with Crippen LogP contribution in [0.3, 0.4) is 0 Å². The lowest BCUT2D eigenvalue weighted by Crippen LogP contribution is -2.21. The zero-order valence-electron chi connectivity index (χ0n) is 13.5. The molecule has 3 rings (SSSR count). The Morgan fingerprint density at radius 2 is 1.79 bits per heavy atom. The van der Waals surface area contributed by atoms with Crippen LogP contribution < -0.4 is 5.32 Å². The maximum absolute atomic E-state index is 12.3. The molecule has 0 spiro atoms. The number of benzene rings is 2. The van der Waals surface area contributed by atoms with Gasteiger partial charge in [-0.2, -0.15) is 0 Å². The van der Waals surface area contributed by atoms with Crippen LogP contribution in [0.5, 0.6) is 0 Å². The summed E-state index contributed by atoms with van der Waals surface area (Å²) in [5.41, 5.74) is 2.09. The summed E-state index contributed by atoms with van der Waals surface area (Å²) in [6.07, 6.45) is 2.53. The van der Waals surface area contributed by atoms with Crippen LogP contribution in [0.15, 0.2) is 53.4 Å². The molecule has 2 aromatic carbocycles. The Balaban J connectivity index is 1.58. The van der Waals surface area contributed by atoms with Crippen molar-refractivity contribution in [3.63, 3.8) is 0 Å². The van der Waals surface area contributed by atoms with Gasteiger partial charge in [0.25, 0.3) is 0 Å². The minimum Gasteiger partial charge on any atom is -0.325 e. The van der Waals surface area contributed by atoms with Crippen molar-refractivity contribution in [1.29, 1.82) is 0 Å². The number of hydrogen-bond donors (Lipinski definition) is 1. The predicted molar refractivity (Wildman–Crippen MR) is 102 cm³/mol. The van der Waals surface area contributed by atoms with Gasteiger partial charge in [-0.3, -0.25) is 9.69 Å². The highest BCUT2D eigenvalue weighted by Crippen LogP contribution is 2.27. The summed E-state index contributed by atoms with van der Waals surface area (Å²) in [7, 11) is 0. The molecular weight excluding hydrogens is 340 g/mol. The predicted octanol–water partition coefficient (Wildman–Crippen LogP) is 4.67. The zero-order valence-corrected chi connectivity index (χ0v) is 15.1. The summed E-state index contributed by atoms with van der Waals surface area (Å²) in [5.74, 6) is 0.343. The number of rotatable bonds is 6. The van der Waals surface area contributed by atoms with Crippen molar-refractivity contribution in [3.8, 4) is 0 Å². The van der Waals surface area contributed by atoms with Crippen LogP contribution in [0.25, 0.3) is 0 Å². The van der Waals surface area contributed by atoms with Crippen molar-refractivity contribution in [2.24, 2.45) is 0 Å².